The number of ether oxygens (including phenoxy) is 1. The molecule has 0 heterocycles. The summed E-state index contributed by atoms with van der Waals surface area (Å²) in [6.07, 6.45) is 1.63. The van der Waals surface area contributed by atoms with Crippen LogP contribution in [-0.4, -0.2) is 33.9 Å². The van der Waals surface area contributed by atoms with Crippen molar-refractivity contribution < 1.29 is 22.7 Å². The molecule has 0 atom stereocenters. The molecule has 0 aliphatic rings. The van der Waals surface area contributed by atoms with E-state index in [9.17, 15) is 18.0 Å². The summed E-state index contributed by atoms with van der Waals surface area (Å²) in [5.41, 5.74) is 0.808. The smallest absolute Gasteiger partial charge is 0.339 e. The van der Waals surface area contributed by atoms with E-state index in [2.05, 4.69) is 10.0 Å². The first-order chi connectivity index (χ1) is 12.9. The number of methoxy groups -OCH3 is 1. The topological polar surface area (TPSA) is 102 Å². The zero-order chi connectivity index (χ0) is 19.9. The summed E-state index contributed by atoms with van der Waals surface area (Å²) in [5, 5.41) is 2.64. The van der Waals surface area contributed by atoms with Crippen molar-refractivity contribution in [2.75, 3.05) is 19.0 Å². The van der Waals surface area contributed by atoms with Gasteiger partial charge >= 0.3 is 5.97 Å². The quantitative estimate of drug-likeness (QED) is 0.533. The predicted molar refractivity (Wildman–Crippen MR) is 102 cm³/mol. The Labute approximate surface area is 158 Å². The molecule has 0 saturated heterocycles. The molecular formula is C19H22N2O5S. The van der Waals surface area contributed by atoms with Gasteiger partial charge in [0.2, 0.25) is 10.0 Å². The first-order valence-electron chi connectivity index (χ1n) is 8.47. The van der Waals surface area contributed by atoms with E-state index in [1.807, 2.05) is 6.92 Å². The number of amides is 1. The maximum Gasteiger partial charge on any atom is 0.339 e. The Balaban J connectivity index is 2.14. The Morgan fingerprint density at radius 1 is 1.04 bits per heavy atom. The Morgan fingerprint density at radius 2 is 1.70 bits per heavy atom. The second-order valence-electron chi connectivity index (χ2n) is 5.77. The van der Waals surface area contributed by atoms with Crippen LogP contribution in [0.5, 0.6) is 0 Å². The second-order valence-corrected chi connectivity index (χ2v) is 7.53. The Hall–Kier alpha value is -2.71. The molecule has 8 heteroatoms. The van der Waals surface area contributed by atoms with Crippen LogP contribution in [-0.2, 0) is 14.8 Å². The van der Waals surface area contributed by atoms with Crippen molar-refractivity contribution in [2.45, 2.75) is 24.7 Å². The number of rotatable bonds is 8. The molecule has 144 valence electrons. The fourth-order valence-electron chi connectivity index (χ4n) is 2.33. The Morgan fingerprint density at radius 3 is 2.33 bits per heavy atom. The monoisotopic (exact) mass is 390 g/mol. The molecule has 0 radical (unpaired) electrons. The number of hydrogen-bond donors (Lipinski definition) is 2. The number of esters is 1. The number of hydrogen-bond acceptors (Lipinski definition) is 5. The van der Waals surface area contributed by atoms with E-state index in [1.165, 1.54) is 31.4 Å². The van der Waals surface area contributed by atoms with Crippen LogP contribution in [0.1, 0.15) is 40.5 Å². The van der Waals surface area contributed by atoms with Gasteiger partial charge in [-0.3, -0.25) is 4.79 Å². The fourth-order valence-corrected chi connectivity index (χ4v) is 3.40. The van der Waals surface area contributed by atoms with Gasteiger partial charge in [-0.1, -0.05) is 25.5 Å². The van der Waals surface area contributed by atoms with E-state index >= 15 is 0 Å². The van der Waals surface area contributed by atoms with Crippen molar-refractivity contribution in [3.8, 4) is 0 Å². The van der Waals surface area contributed by atoms with Crippen LogP contribution in [0.15, 0.2) is 53.4 Å². The molecule has 0 bridgehead atoms. The van der Waals surface area contributed by atoms with Crippen molar-refractivity contribution in [2.24, 2.45) is 0 Å². The molecule has 0 spiro atoms. The summed E-state index contributed by atoms with van der Waals surface area (Å²) in [4.78, 5) is 24.3. The Bertz CT molecular complexity index is 908. The minimum Gasteiger partial charge on any atom is -0.465 e. The van der Waals surface area contributed by atoms with Crippen LogP contribution in [0.2, 0.25) is 0 Å². The predicted octanol–water partition coefficient (Wildman–Crippen LogP) is 2.80. The lowest BCUT2D eigenvalue weighted by Crippen LogP contribution is -2.24. The van der Waals surface area contributed by atoms with Crippen LogP contribution >= 0.6 is 0 Å². The lowest BCUT2D eigenvalue weighted by Gasteiger charge is -2.10. The molecule has 0 fully saturated rings. The molecule has 0 aromatic heterocycles. The molecule has 2 N–H and O–H groups in total. The zero-order valence-electron chi connectivity index (χ0n) is 15.2. The zero-order valence-corrected chi connectivity index (χ0v) is 16.0. The van der Waals surface area contributed by atoms with Gasteiger partial charge in [0.05, 0.1) is 23.3 Å². The van der Waals surface area contributed by atoms with Crippen molar-refractivity contribution in [1.29, 1.82) is 0 Å². The highest BCUT2D eigenvalue weighted by atomic mass is 32.2. The summed E-state index contributed by atoms with van der Waals surface area (Å²) in [5.74, 6) is -1.03. The molecule has 7 nitrogen and oxygen atoms in total. The maximum absolute atomic E-state index is 12.4. The van der Waals surface area contributed by atoms with Gasteiger partial charge in [-0.15, -0.1) is 0 Å². The number of nitrogens with one attached hydrogen (secondary N) is 2. The minimum absolute atomic E-state index is 0.0881. The first-order valence-corrected chi connectivity index (χ1v) is 9.95. The molecule has 27 heavy (non-hydrogen) atoms. The molecule has 2 aromatic carbocycles. The SMILES string of the molecule is CCCCNS(=O)(=O)c1ccc(C(=O)Nc2ccccc2C(=O)OC)cc1. The van der Waals surface area contributed by atoms with Gasteiger partial charge < -0.3 is 10.1 Å². The highest BCUT2D eigenvalue weighted by molar-refractivity contribution is 7.89. The number of carbonyl (C=O) groups excluding carboxylic acids is 2. The fraction of sp³-hybridized carbons (Fsp3) is 0.263. The van der Waals surface area contributed by atoms with Crippen molar-refractivity contribution >= 4 is 27.6 Å². The summed E-state index contributed by atoms with van der Waals surface area (Å²) in [6, 6.07) is 12.0. The van der Waals surface area contributed by atoms with Crippen molar-refractivity contribution in [3.05, 3.63) is 59.7 Å². The van der Waals surface area contributed by atoms with E-state index in [0.29, 0.717) is 12.2 Å². The number of unbranched alkanes of at least 4 members (excludes halogenated alkanes) is 1. The summed E-state index contributed by atoms with van der Waals surface area (Å²) in [6.45, 7) is 2.34. The maximum atomic E-state index is 12.4. The van der Waals surface area contributed by atoms with Gasteiger partial charge in [-0.25, -0.2) is 17.9 Å². The van der Waals surface area contributed by atoms with E-state index in [-0.39, 0.29) is 16.0 Å². The third kappa shape index (κ3) is 5.38. The number of anilines is 1. The van der Waals surface area contributed by atoms with Gasteiger partial charge in [-0.2, -0.15) is 0 Å². The van der Waals surface area contributed by atoms with E-state index in [4.69, 9.17) is 4.74 Å². The molecule has 2 rings (SSSR count). The third-order valence-corrected chi connectivity index (χ3v) is 5.31. The molecule has 2 aromatic rings. The van der Waals surface area contributed by atoms with Gasteiger partial charge in [0, 0.05) is 12.1 Å². The van der Waals surface area contributed by atoms with Crippen LogP contribution in [0, 0.1) is 0 Å². The Kier molecular flexibility index (Phi) is 7.09. The lowest BCUT2D eigenvalue weighted by atomic mass is 10.1. The number of sulfonamides is 1. The first kappa shape index (κ1) is 20.6. The van der Waals surface area contributed by atoms with Crippen LogP contribution < -0.4 is 10.0 Å². The largest absolute Gasteiger partial charge is 0.465 e. The molecular weight excluding hydrogens is 368 g/mol. The van der Waals surface area contributed by atoms with Crippen LogP contribution in [0.4, 0.5) is 5.69 Å². The van der Waals surface area contributed by atoms with Crippen molar-refractivity contribution in [3.63, 3.8) is 0 Å². The molecule has 0 aliphatic heterocycles. The van der Waals surface area contributed by atoms with Crippen LogP contribution in [0.3, 0.4) is 0 Å². The molecule has 0 unspecified atom stereocenters. The average molecular weight is 390 g/mol. The molecule has 0 aliphatic carbocycles. The summed E-state index contributed by atoms with van der Waals surface area (Å²) >= 11 is 0. The lowest BCUT2D eigenvalue weighted by molar-refractivity contribution is 0.0602. The second kappa shape index (κ2) is 9.29. The van der Waals surface area contributed by atoms with Gasteiger partial charge in [-0.05, 0) is 42.8 Å². The molecule has 1 amide bonds. The molecule has 0 saturated carbocycles. The summed E-state index contributed by atoms with van der Waals surface area (Å²) < 4.78 is 31.5. The van der Waals surface area contributed by atoms with Crippen molar-refractivity contribution in [1.82, 2.24) is 4.72 Å². The van der Waals surface area contributed by atoms with Gasteiger partial charge in [0.15, 0.2) is 0 Å². The number of carbonyl (C=O) groups is 2. The van der Waals surface area contributed by atoms with E-state index < -0.39 is 21.9 Å². The third-order valence-electron chi connectivity index (χ3n) is 3.83. The van der Waals surface area contributed by atoms with Crippen LogP contribution in [0.25, 0.3) is 0 Å². The van der Waals surface area contributed by atoms with E-state index in [0.717, 1.165) is 12.8 Å². The average Bonchev–Trinajstić information content (AvgIpc) is 2.68. The van der Waals surface area contributed by atoms with E-state index in [1.54, 1.807) is 24.3 Å². The van der Waals surface area contributed by atoms with Gasteiger partial charge in [0.1, 0.15) is 0 Å². The number of para-hydroxylation sites is 1. The van der Waals surface area contributed by atoms with Gasteiger partial charge in [0.25, 0.3) is 5.91 Å². The number of benzene rings is 2. The highest BCUT2D eigenvalue weighted by Crippen LogP contribution is 2.18. The minimum atomic E-state index is -3.60. The highest BCUT2D eigenvalue weighted by Gasteiger charge is 2.16. The summed E-state index contributed by atoms with van der Waals surface area (Å²) in [7, 11) is -2.34. The normalized spacial score (nSPS) is 11.0. The standard InChI is InChI=1S/C19H22N2O5S/c1-3-4-13-20-27(24,25)15-11-9-14(10-12-15)18(22)21-17-8-6-5-7-16(17)19(23)26-2/h5-12,20H,3-4,13H2,1-2H3,(H,21,22).